The van der Waals surface area contributed by atoms with E-state index >= 15 is 0 Å². The molecule has 1 heterocycles. The predicted molar refractivity (Wildman–Crippen MR) is 103 cm³/mol. The zero-order valence-electron chi connectivity index (χ0n) is 17.1. The maximum atomic E-state index is 14.0. The molecule has 1 saturated heterocycles. The molecule has 2 aromatic carbocycles. The molecule has 0 spiro atoms. The van der Waals surface area contributed by atoms with Crippen molar-refractivity contribution in [1.82, 2.24) is 5.32 Å². The van der Waals surface area contributed by atoms with Crippen LogP contribution in [-0.4, -0.2) is 25.0 Å². The minimum atomic E-state index is -4.73. The summed E-state index contributed by atoms with van der Waals surface area (Å²) in [6.07, 6.45) is -10.6. The minimum Gasteiger partial charge on any atom is -0.490 e. The number of nitrogens with one attached hydrogen (secondary N) is 1. The lowest BCUT2D eigenvalue weighted by Gasteiger charge is -2.31. The normalized spacial score (nSPS) is 26.7. The molecule has 1 N–H and O–H groups in total. The number of cyclic esters (lactones) is 1. The summed E-state index contributed by atoms with van der Waals surface area (Å²) < 4.78 is 91.0. The molecule has 0 radical (unpaired) electrons. The Morgan fingerprint density at radius 3 is 2.28 bits per heavy atom. The van der Waals surface area contributed by atoms with Crippen LogP contribution < -0.4 is 10.1 Å². The number of hydrogen-bond acceptors (Lipinski definition) is 3. The number of ether oxygens (including phenoxy) is 2. The molecule has 1 aliphatic heterocycles. The summed E-state index contributed by atoms with van der Waals surface area (Å²) in [4.78, 5) is 11.4. The van der Waals surface area contributed by atoms with Crippen molar-refractivity contribution in [1.29, 1.82) is 0 Å². The van der Waals surface area contributed by atoms with Crippen molar-refractivity contribution in [2.45, 2.75) is 56.6 Å². The van der Waals surface area contributed by atoms with Gasteiger partial charge in [0.1, 0.15) is 17.9 Å². The van der Waals surface area contributed by atoms with Gasteiger partial charge in [-0.25, -0.2) is 4.79 Å². The number of alkyl carbamates (subject to hydrolysis) is 1. The molecular formula is C22H21F6NO3. The lowest BCUT2D eigenvalue weighted by Crippen LogP contribution is -2.37. The fraction of sp³-hybridized carbons (Fsp3) is 0.500. The zero-order chi connectivity index (χ0) is 23.3. The Morgan fingerprint density at radius 1 is 1.03 bits per heavy atom. The smallest absolute Gasteiger partial charge is 0.420 e. The molecule has 1 saturated carbocycles. The summed E-state index contributed by atoms with van der Waals surface area (Å²) >= 11 is 0. The van der Waals surface area contributed by atoms with Crippen molar-refractivity contribution in [2.75, 3.05) is 6.61 Å². The van der Waals surface area contributed by atoms with Crippen molar-refractivity contribution >= 4 is 16.9 Å². The molecule has 1 atom stereocenters. The highest BCUT2D eigenvalue weighted by Crippen LogP contribution is 2.44. The van der Waals surface area contributed by atoms with Crippen molar-refractivity contribution in [2.24, 2.45) is 5.92 Å². The van der Waals surface area contributed by atoms with Gasteiger partial charge in [-0.15, -0.1) is 0 Å². The fourth-order valence-electron chi connectivity index (χ4n) is 4.39. The monoisotopic (exact) mass is 461 g/mol. The largest absolute Gasteiger partial charge is 0.490 e. The zero-order valence-corrected chi connectivity index (χ0v) is 17.1. The molecule has 174 valence electrons. The van der Waals surface area contributed by atoms with Crippen LogP contribution in [-0.2, 0) is 16.5 Å². The standard InChI is InChI=1S/C22H21F6NO3/c1-20(11-31-19(30)29-20)14-5-8-16-12(10-14)2-9-17(18(16)22(26,27)28)32-15-6-3-13(4-7-15)21(23,24)25/h2,5,8-10,13,15H,3-4,6-7,11H2,1H3,(H,29,30). The summed E-state index contributed by atoms with van der Waals surface area (Å²) in [5, 5.41) is 2.86. The average molecular weight is 461 g/mol. The molecule has 1 aliphatic carbocycles. The molecule has 0 aromatic heterocycles. The van der Waals surface area contributed by atoms with Crippen molar-refractivity contribution in [3.8, 4) is 5.75 Å². The fourth-order valence-corrected chi connectivity index (χ4v) is 4.39. The molecule has 4 nitrogen and oxygen atoms in total. The second-order valence-electron chi connectivity index (χ2n) is 8.54. The Bertz CT molecular complexity index is 1030. The Labute approximate surface area is 179 Å². The van der Waals surface area contributed by atoms with Gasteiger partial charge in [-0.2, -0.15) is 26.3 Å². The van der Waals surface area contributed by atoms with Gasteiger partial charge in [0, 0.05) is 0 Å². The number of carbonyl (C=O) groups is 1. The number of rotatable bonds is 3. The van der Waals surface area contributed by atoms with Crippen LogP contribution >= 0.6 is 0 Å². The molecule has 4 rings (SSSR count). The van der Waals surface area contributed by atoms with Gasteiger partial charge < -0.3 is 14.8 Å². The van der Waals surface area contributed by atoms with E-state index < -0.39 is 47.3 Å². The number of hydrogen-bond donors (Lipinski definition) is 1. The Hall–Kier alpha value is -2.65. The third-order valence-electron chi connectivity index (χ3n) is 6.20. The highest BCUT2D eigenvalue weighted by atomic mass is 19.4. The van der Waals surface area contributed by atoms with Crippen LogP contribution in [0.1, 0.15) is 43.7 Å². The van der Waals surface area contributed by atoms with Crippen LogP contribution in [0.4, 0.5) is 31.1 Å². The summed E-state index contributed by atoms with van der Waals surface area (Å²) in [5.41, 5.74) is -1.24. The molecular weight excluding hydrogens is 440 g/mol. The van der Waals surface area contributed by atoms with Gasteiger partial charge in [-0.1, -0.05) is 18.2 Å². The third kappa shape index (κ3) is 4.31. The first-order chi connectivity index (χ1) is 14.9. The van der Waals surface area contributed by atoms with Crippen LogP contribution in [0.2, 0.25) is 0 Å². The van der Waals surface area contributed by atoms with E-state index in [-0.39, 0.29) is 37.7 Å². The molecule has 2 fully saturated rings. The van der Waals surface area contributed by atoms with Crippen molar-refractivity contribution in [3.63, 3.8) is 0 Å². The van der Waals surface area contributed by atoms with Crippen LogP contribution in [0.25, 0.3) is 10.8 Å². The topological polar surface area (TPSA) is 47.6 Å². The van der Waals surface area contributed by atoms with Gasteiger partial charge in [-0.3, -0.25) is 0 Å². The van der Waals surface area contributed by atoms with Crippen molar-refractivity contribution in [3.05, 3.63) is 41.5 Å². The van der Waals surface area contributed by atoms with Crippen molar-refractivity contribution < 1.29 is 40.6 Å². The maximum Gasteiger partial charge on any atom is 0.420 e. The van der Waals surface area contributed by atoms with Gasteiger partial charge in [0.2, 0.25) is 0 Å². The second kappa shape index (κ2) is 7.74. The average Bonchev–Trinajstić information content (AvgIpc) is 3.06. The molecule has 1 unspecified atom stereocenters. The van der Waals surface area contributed by atoms with Crippen LogP contribution in [0.5, 0.6) is 5.75 Å². The van der Waals surface area contributed by atoms with E-state index in [1.165, 1.54) is 24.3 Å². The number of amides is 1. The van der Waals surface area contributed by atoms with E-state index in [9.17, 15) is 31.1 Å². The van der Waals surface area contributed by atoms with Crippen LogP contribution in [0.3, 0.4) is 0 Å². The van der Waals surface area contributed by atoms with E-state index in [0.717, 1.165) is 0 Å². The number of benzene rings is 2. The summed E-state index contributed by atoms with van der Waals surface area (Å²) in [7, 11) is 0. The molecule has 2 aromatic rings. The van der Waals surface area contributed by atoms with E-state index in [1.807, 2.05) is 0 Å². The third-order valence-corrected chi connectivity index (χ3v) is 6.20. The summed E-state index contributed by atoms with van der Waals surface area (Å²) in [5.74, 6) is -1.84. The lowest BCUT2D eigenvalue weighted by molar-refractivity contribution is -0.185. The highest BCUT2D eigenvalue weighted by molar-refractivity contribution is 5.89. The van der Waals surface area contributed by atoms with Gasteiger partial charge in [0.25, 0.3) is 0 Å². The minimum absolute atomic E-state index is 0.0382. The second-order valence-corrected chi connectivity index (χ2v) is 8.54. The predicted octanol–water partition coefficient (Wildman–Crippen LogP) is 6.31. The van der Waals surface area contributed by atoms with Gasteiger partial charge >= 0.3 is 18.4 Å². The SMILES string of the molecule is CC1(c2ccc3c(C(F)(F)F)c(OC4CCC(C(F)(F)F)CC4)ccc3c2)COC(=O)N1. The Balaban J connectivity index is 1.64. The molecule has 2 aliphatic rings. The first-order valence-electron chi connectivity index (χ1n) is 10.2. The molecule has 0 bridgehead atoms. The lowest BCUT2D eigenvalue weighted by atomic mass is 9.87. The summed E-state index contributed by atoms with van der Waals surface area (Å²) in [6.45, 7) is 1.75. The van der Waals surface area contributed by atoms with Gasteiger partial charge in [0.05, 0.1) is 17.6 Å². The maximum absolute atomic E-state index is 14.0. The Kier molecular flexibility index (Phi) is 5.45. The number of carbonyl (C=O) groups excluding carboxylic acids is 1. The number of halogens is 6. The first kappa shape index (κ1) is 22.5. The first-order valence-corrected chi connectivity index (χ1v) is 10.2. The van der Waals surface area contributed by atoms with Crippen LogP contribution in [0, 0.1) is 5.92 Å². The quantitative estimate of drug-likeness (QED) is 0.545. The molecule has 1 amide bonds. The van der Waals surface area contributed by atoms with E-state index in [0.29, 0.717) is 10.9 Å². The number of alkyl halides is 6. The molecule has 10 heteroatoms. The van der Waals surface area contributed by atoms with E-state index in [2.05, 4.69) is 5.32 Å². The Morgan fingerprint density at radius 2 is 1.72 bits per heavy atom. The van der Waals surface area contributed by atoms with E-state index in [4.69, 9.17) is 9.47 Å². The summed E-state index contributed by atoms with van der Waals surface area (Å²) in [6, 6.07) is 7.04. The van der Waals surface area contributed by atoms with Crippen LogP contribution in [0.15, 0.2) is 30.3 Å². The highest BCUT2D eigenvalue weighted by Gasteiger charge is 2.43. The molecule has 32 heavy (non-hydrogen) atoms. The van der Waals surface area contributed by atoms with Gasteiger partial charge in [-0.05, 0) is 61.1 Å². The van der Waals surface area contributed by atoms with Gasteiger partial charge in [0.15, 0.2) is 0 Å². The number of fused-ring (bicyclic) bond motifs is 1. The van der Waals surface area contributed by atoms with E-state index in [1.54, 1.807) is 13.0 Å².